The molecule has 3 heterocycles. The van der Waals surface area contributed by atoms with Gasteiger partial charge in [0.2, 0.25) is 5.91 Å². The Morgan fingerprint density at radius 2 is 1.84 bits per heavy atom. The van der Waals surface area contributed by atoms with E-state index in [-0.39, 0.29) is 23.7 Å². The number of halogens is 3. The van der Waals surface area contributed by atoms with Crippen molar-refractivity contribution in [2.45, 2.75) is 51.7 Å². The van der Waals surface area contributed by atoms with E-state index >= 15 is 0 Å². The van der Waals surface area contributed by atoms with Gasteiger partial charge in [0.25, 0.3) is 0 Å². The lowest BCUT2D eigenvalue weighted by Crippen LogP contribution is -2.63. The third kappa shape index (κ3) is 6.17. The molecule has 180 valence electrons. The largest absolute Gasteiger partial charge is 0.433 e. The van der Waals surface area contributed by atoms with Crippen LogP contribution in [-0.4, -0.2) is 77.0 Å². The zero-order chi connectivity index (χ0) is 23.4. The fourth-order valence-electron chi connectivity index (χ4n) is 4.76. The summed E-state index contributed by atoms with van der Waals surface area (Å²) in [6.45, 7) is 11.5. The topological polar surface area (TPSA) is 39.7 Å². The number of hydrogen-bond acceptors (Lipinski definition) is 5. The van der Waals surface area contributed by atoms with Gasteiger partial charge in [-0.3, -0.25) is 14.6 Å². The van der Waals surface area contributed by atoms with Crippen LogP contribution in [0.1, 0.15) is 45.7 Å². The van der Waals surface area contributed by atoms with Crippen molar-refractivity contribution in [3.63, 3.8) is 0 Å². The molecule has 0 radical (unpaired) electrons. The maximum absolute atomic E-state index is 13.3. The molecule has 0 saturated carbocycles. The number of rotatable bonds is 7. The first-order valence-electron chi connectivity index (χ1n) is 11.5. The summed E-state index contributed by atoms with van der Waals surface area (Å²) in [5.74, 6) is 2.52. The zero-order valence-electron chi connectivity index (χ0n) is 19.3. The van der Waals surface area contributed by atoms with Crippen LogP contribution in [0.15, 0.2) is 18.2 Å². The second-order valence-corrected chi connectivity index (χ2v) is 10.5. The van der Waals surface area contributed by atoms with Gasteiger partial charge in [0.05, 0.1) is 0 Å². The highest BCUT2D eigenvalue weighted by Crippen LogP contribution is 2.36. The molecule has 0 aromatic carbocycles. The van der Waals surface area contributed by atoms with Gasteiger partial charge < -0.3 is 4.90 Å². The van der Waals surface area contributed by atoms with E-state index in [1.165, 1.54) is 17.0 Å². The van der Waals surface area contributed by atoms with Gasteiger partial charge >= 0.3 is 6.18 Å². The monoisotopic (exact) mass is 472 g/mol. The van der Waals surface area contributed by atoms with Crippen molar-refractivity contribution in [3.8, 4) is 0 Å². The Morgan fingerprint density at radius 1 is 1.19 bits per heavy atom. The van der Waals surface area contributed by atoms with E-state index in [2.05, 4.69) is 28.6 Å². The molecule has 32 heavy (non-hydrogen) atoms. The molecule has 2 aliphatic rings. The minimum atomic E-state index is -4.54. The summed E-state index contributed by atoms with van der Waals surface area (Å²) in [6.07, 6.45) is -2.46. The molecule has 5 nitrogen and oxygen atoms in total. The highest BCUT2D eigenvalue weighted by atomic mass is 32.2. The lowest BCUT2D eigenvalue weighted by Gasteiger charge is -2.51. The molecule has 0 unspecified atom stereocenters. The maximum Gasteiger partial charge on any atom is 0.433 e. The molecule has 3 rings (SSSR count). The molecule has 1 aromatic heterocycles. The van der Waals surface area contributed by atoms with E-state index in [9.17, 15) is 18.0 Å². The summed E-state index contributed by atoms with van der Waals surface area (Å²) in [4.78, 5) is 23.2. The Morgan fingerprint density at radius 3 is 2.41 bits per heavy atom. The molecule has 0 spiro atoms. The highest BCUT2D eigenvalue weighted by molar-refractivity contribution is 7.99. The number of piperazine rings is 1. The average Bonchev–Trinajstić information content (AvgIpc) is 2.77. The first-order valence-corrected chi connectivity index (χ1v) is 12.7. The van der Waals surface area contributed by atoms with Crippen molar-refractivity contribution in [1.29, 1.82) is 0 Å². The maximum atomic E-state index is 13.3. The second kappa shape index (κ2) is 10.7. The molecule has 0 aliphatic carbocycles. The van der Waals surface area contributed by atoms with Crippen molar-refractivity contribution in [2.75, 3.05) is 55.7 Å². The Bertz CT molecular complexity index is 760. The summed E-state index contributed by atoms with van der Waals surface area (Å²) < 4.78 is 39.9. The van der Waals surface area contributed by atoms with Crippen LogP contribution in [0.4, 0.5) is 19.0 Å². The number of nitrogens with zero attached hydrogens (tertiary/aromatic N) is 4. The predicted octanol–water partition coefficient (Wildman–Crippen LogP) is 4.38. The molecule has 0 N–H and O–H groups in total. The molecule has 1 aromatic rings. The van der Waals surface area contributed by atoms with E-state index in [4.69, 9.17) is 0 Å². The predicted molar refractivity (Wildman–Crippen MR) is 124 cm³/mol. The van der Waals surface area contributed by atoms with Crippen molar-refractivity contribution in [2.24, 2.45) is 5.92 Å². The van der Waals surface area contributed by atoms with Gasteiger partial charge in [-0.15, -0.1) is 0 Å². The zero-order valence-corrected chi connectivity index (χ0v) is 20.1. The first kappa shape index (κ1) is 25.3. The third-order valence-corrected chi connectivity index (χ3v) is 7.43. The van der Waals surface area contributed by atoms with Crippen LogP contribution in [0, 0.1) is 5.92 Å². The summed E-state index contributed by atoms with van der Waals surface area (Å²) in [5, 5.41) is 0. The lowest BCUT2D eigenvalue weighted by molar-refractivity contribution is -0.141. The van der Waals surface area contributed by atoms with Gasteiger partial charge in [0.15, 0.2) is 0 Å². The van der Waals surface area contributed by atoms with Crippen LogP contribution in [-0.2, 0) is 11.0 Å². The van der Waals surface area contributed by atoms with E-state index in [1.54, 1.807) is 6.92 Å². The first-order chi connectivity index (χ1) is 15.1. The van der Waals surface area contributed by atoms with Crippen LogP contribution in [0.2, 0.25) is 0 Å². The fourth-order valence-corrected chi connectivity index (χ4v) is 6.01. The van der Waals surface area contributed by atoms with E-state index < -0.39 is 11.9 Å². The van der Waals surface area contributed by atoms with Crippen LogP contribution < -0.4 is 4.90 Å². The van der Waals surface area contributed by atoms with Crippen molar-refractivity contribution < 1.29 is 18.0 Å². The molecule has 9 heteroatoms. The fraction of sp³-hybridized carbons (Fsp3) is 0.739. The molecule has 2 aliphatic heterocycles. The summed E-state index contributed by atoms with van der Waals surface area (Å²) in [7, 11) is 0. The minimum Gasteiger partial charge on any atom is -0.301 e. The number of pyridine rings is 1. The number of alkyl halides is 3. The van der Waals surface area contributed by atoms with Gasteiger partial charge in [0, 0.05) is 51.2 Å². The molecule has 2 fully saturated rings. The normalized spacial score (nSPS) is 20.5. The smallest absolute Gasteiger partial charge is 0.301 e. The molecular weight excluding hydrogens is 437 g/mol. The molecule has 2 saturated heterocycles. The summed E-state index contributed by atoms with van der Waals surface area (Å²) in [5.41, 5.74) is -1.19. The standard InChI is InChI=1S/C23H35F3N4OS/c1-4-21(31)30(20-7-5-6-19(27-20)23(24,25)26)17-22(8-14-32-15-9-22)29-12-10-28(11-13-29)16-18(2)3/h5-7,18H,4,8-17H2,1-3H3. The van der Waals surface area contributed by atoms with Crippen molar-refractivity contribution in [1.82, 2.24) is 14.8 Å². The van der Waals surface area contributed by atoms with Crippen LogP contribution >= 0.6 is 11.8 Å². The quantitative estimate of drug-likeness (QED) is 0.589. The molecule has 0 atom stereocenters. The second-order valence-electron chi connectivity index (χ2n) is 9.23. The average molecular weight is 473 g/mol. The van der Waals surface area contributed by atoms with E-state index in [1.807, 2.05) is 11.8 Å². The number of aromatic nitrogens is 1. The van der Waals surface area contributed by atoms with Crippen LogP contribution in [0.3, 0.4) is 0 Å². The van der Waals surface area contributed by atoms with Crippen LogP contribution in [0.5, 0.6) is 0 Å². The number of anilines is 1. The number of amides is 1. The Balaban J connectivity index is 1.86. The number of thioether (sulfide) groups is 1. The molecule has 1 amide bonds. The Hall–Kier alpha value is -1.32. The Labute approximate surface area is 193 Å². The SMILES string of the molecule is CCC(=O)N(CC1(N2CCN(CC(C)C)CC2)CCSCC1)c1cccc(C(F)(F)F)n1. The molecule has 0 bridgehead atoms. The number of carbonyl (C=O) groups is 1. The summed E-state index contributed by atoms with van der Waals surface area (Å²) in [6, 6.07) is 3.82. The molecular formula is C23H35F3N4OS. The van der Waals surface area contributed by atoms with Crippen LogP contribution in [0.25, 0.3) is 0 Å². The summed E-state index contributed by atoms with van der Waals surface area (Å²) >= 11 is 1.91. The van der Waals surface area contributed by atoms with Gasteiger partial charge in [-0.25, -0.2) is 4.98 Å². The van der Waals surface area contributed by atoms with E-state index in [0.717, 1.165) is 63.1 Å². The van der Waals surface area contributed by atoms with E-state index in [0.29, 0.717) is 12.5 Å². The van der Waals surface area contributed by atoms with Gasteiger partial charge in [-0.2, -0.15) is 24.9 Å². The highest BCUT2D eigenvalue weighted by Gasteiger charge is 2.42. The number of carbonyl (C=O) groups excluding carboxylic acids is 1. The van der Waals surface area contributed by atoms with Crippen molar-refractivity contribution in [3.05, 3.63) is 23.9 Å². The van der Waals surface area contributed by atoms with Gasteiger partial charge in [-0.1, -0.05) is 26.8 Å². The van der Waals surface area contributed by atoms with Gasteiger partial charge in [-0.05, 0) is 42.4 Å². The number of hydrogen-bond donors (Lipinski definition) is 0. The van der Waals surface area contributed by atoms with Gasteiger partial charge in [0.1, 0.15) is 11.5 Å². The minimum absolute atomic E-state index is 0.0997. The lowest BCUT2D eigenvalue weighted by atomic mass is 9.88. The Kier molecular flexibility index (Phi) is 8.49. The van der Waals surface area contributed by atoms with Crippen molar-refractivity contribution >= 4 is 23.5 Å². The third-order valence-electron chi connectivity index (χ3n) is 6.45.